The van der Waals surface area contributed by atoms with E-state index >= 15 is 0 Å². The molecule has 0 aromatic rings. The average molecular weight is 238 g/mol. The lowest BCUT2D eigenvalue weighted by Crippen LogP contribution is -1.97. The van der Waals surface area contributed by atoms with E-state index in [0.29, 0.717) is 6.42 Å². The van der Waals surface area contributed by atoms with Crippen LogP contribution in [0, 0.1) is 0 Å². The normalized spacial score (nSPS) is 9.67. The smallest absolute Gasteiger partial charge is 0.303 e. The fourth-order valence-electron chi connectivity index (χ4n) is 1.48. The van der Waals surface area contributed by atoms with Gasteiger partial charge in [-0.2, -0.15) is 0 Å². The average Bonchev–Trinajstić information content (AvgIpc) is 2.15. The molecule has 0 amide bonds. The zero-order chi connectivity index (χ0) is 10.6. The molecule has 15 heavy (non-hydrogen) atoms. The lowest BCUT2D eigenvalue weighted by molar-refractivity contribution is -0.137. The summed E-state index contributed by atoms with van der Waals surface area (Å²) < 4.78 is 0. The van der Waals surface area contributed by atoms with Crippen molar-refractivity contribution in [2.45, 2.75) is 57.8 Å². The highest BCUT2D eigenvalue weighted by Gasteiger charge is 1.96. The fraction of sp³-hybridized carbons (Fsp3) is 0.909. The Kier molecular flexibility index (Phi) is 15.7. The zero-order valence-electron chi connectivity index (χ0n) is 9.41. The summed E-state index contributed by atoms with van der Waals surface area (Å²) in [6, 6.07) is 0. The van der Waals surface area contributed by atoms with E-state index in [2.05, 4.69) is 0 Å². The van der Waals surface area contributed by atoms with Crippen molar-refractivity contribution in [1.82, 2.24) is 0 Å². The molecule has 0 unspecified atom stereocenters. The molecule has 0 fully saturated rings. The number of rotatable bonds is 10. The van der Waals surface area contributed by atoms with Crippen LogP contribution >= 0.6 is 12.4 Å². The Bertz CT molecular complexity index is 143. The molecule has 0 bridgehead atoms. The first-order valence-corrected chi connectivity index (χ1v) is 5.69. The molecule has 0 aromatic heterocycles. The highest BCUT2D eigenvalue weighted by molar-refractivity contribution is 5.85. The fourth-order valence-corrected chi connectivity index (χ4v) is 1.48. The van der Waals surface area contributed by atoms with E-state index < -0.39 is 5.97 Å². The van der Waals surface area contributed by atoms with Gasteiger partial charge in [-0.25, -0.2) is 0 Å². The van der Waals surface area contributed by atoms with Crippen LogP contribution in [0.15, 0.2) is 0 Å². The quantitative estimate of drug-likeness (QED) is 0.575. The van der Waals surface area contributed by atoms with Gasteiger partial charge in [0.05, 0.1) is 0 Å². The number of carbonyl (C=O) groups is 1. The number of aliphatic carboxylic acids is 1. The molecule has 0 atom stereocenters. The van der Waals surface area contributed by atoms with Crippen molar-refractivity contribution < 1.29 is 9.90 Å². The Morgan fingerprint density at radius 2 is 1.27 bits per heavy atom. The van der Waals surface area contributed by atoms with Crippen LogP contribution in [0.25, 0.3) is 0 Å². The SMILES string of the molecule is Cl.NCCCCCCCCCCC(=O)O. The van der Waals surface area contributed by atoms with Gasteiger partial charge in [-0.1, -0.05) is 38.5 Å². The summed E-state index contributed by atoms with van der Waals surface area (Å²) in [4.78, 5) is 10.2. The number of nitrogens with two attached hydrogens (primary N) is 1. The summed E-state index contributed by atoms with van der Waals surface area (Å²) in [5, 5.41) is 8.40. The topological polar surface area (TPSA) is 63.3 Å². The lowest BCUT2D eigenvalue weighted by atomic mass is 10.1. The molecule has 0 heterocycles. The maximum atomic E-state index is 10.2. The number of hydrogen-bond acceptors (Lipinski definition) is 2. The summed E-state index contributed by atoms with van der Waals surface area (Å²) in [5.41, 5.74) is 5.38. The van der Waals surface area contributed by atoms with Crippen molar-refractivity contribution in [1.29, 1.82) is 0 Å². The van der Waals surface area contributed by atoms with E-state index in [0.717, 1.165) is 25.8 Å². The third-order valence-corrected chi connectivity index (χ3v) is 2.34. The van der Waals surface area contributed by atoms with Gasteiger partial charge in [-0.3, -0.25) is 4.79 Å². The van der Waals surface area contributed by atoms with Crippen LogP contribution < -0.4 is 5.73 Å². The number of carboxylic acid groups (broad SMARTS) is 1. The van der Waals surface area contributed by atoms with Gasteiger partial charge < -0.3 is 10.8 Å². The molecule has 0 aliphatic heterocycles. The number of hydrogen-bond donors (Lipinski definition) is 2. The van der Waals surface area contributed by atoms with Gasteiger partial charge in [-0.05, 0) is 19.4 Å². The van der Waals surface area contributed by atoms with Gasteiger partial charge in [0.1, 0.15) is 0 Å². The first-order chi connectivity index (χ1) is 6.77. The third kappa shape index (κ3) is 16.4. The second kappa shape index (κ2) is 13.7. The van der Waals surface area contributed by atoms with E-state index in [1.807, 2.05) is 0 Å². The van der Waals surface area contributed by atoms with Crippen LogP contribution in [-0.2, 0) is 4.79 Å². The molecule has 0 aliphatic rings. The lowest BCUT2D eigenvalue weighted by Gasteiger charge is -2.00. The number of carboxylic acids is 1. The molecule has 92 valence electrons. The second-order valence-corrected chi connectivity index (χ2v) is 3.76. The Morgan fingerprint density at radius 3 is 1.67 bits per heavy atom. The van der Waals surface area contributed by atoms with Crippen LogP contribution in [0.4, 0.5) is 0 Å². The Hall–Kier alpha value is -0.280. The number of unbranched alkanes of at least 4 members (excludes halogenated alkanes) is 7. The van der Waals surface area contributed by atoms with E-state index in [1.165, 1.54) is 32.1 Å². The maximum Gasteiger partial charge on any atom is 0.303 e. The predicted octanol–water partition coefficient (Wildman–Crippen LogP) is 2.96. The molecule has 3 N–H and O–H groups in total. The van der Waals surface area contributed by atoms with Gasteiger partial charge in [-0.15, -0.1) is 12.4 Å². The van der Waals surface area contributed by atoms with Gasteiger partial charge in [0.2, 0.25) is 0 Å². The first kappa shape index (κ1) is 17.1. The highest BCUT2D eigenvalue weighted by Crippen LogP contribution is 2.09. The van der Waals surface area contributed by atoms with Gasteiger partial charge in [0.15, 0.2) is 0 Å². The van der Waals surface area contributed by atoms with E-state index in [-0.39, 0.29) is 12.4 Å². The molecular weight excluding hydrogens is 214 g/mol. The second-order valence-electron chi connectivity index (χ2n) is 3.76. The summed E-state index contributed by atoms with van der Waals surface area (Å²) in [5.74, 6) is -0.673. The minimum absolute atomic E-state index is 0. The van der Waals surface area contributed by atoms with Crippen molar-refractivity contribution in [2.24, 2.45) is 5.73 Å². The van der Waals surface area contributed by atoms with Crippen LogP contribution in [0.3, 0.4) is 0 Å². The predicted molar refractivity (Wildman–Crippen MR) is 65.5 cm³/mol. The summed E-state index contributed by atoms with van der Waals surface area (Å²) in [6.07, 6.45) is 9.56. The van der Waals surface area contributed by atoms with Gasteiger partial charge in [0.25, 0.3) is 0 Å². The molecule has 0 saturated heterocycles. The molecule has 0 rings (SSSR count). The van der Waals surface area contributed by atoms with Crippen LogP contribution in [0.1, 0.15) is 57.8 Å². The molecule has 0 spiro atoms. The molecule has 4 heteroatoms. The monoisotopic (exact) mass is 237 g/mol. The minimum Gasteiger partial charge on any atom is -0.481 e. The molecule has 3 nitrogen and oxygen atoms in total. The standard InChI is InChI=1S/C11H23NO2.ClH/c12-10-8-6-4-2-1-3-5-7-9-11(13)14;/h1-10,12H2,(H,13,14);1H. The summed E-state index contributed by atoms with van der Waals surface area (Å²) >= 11 is 0. The van der Waals surface area contributed by atoms with Crippen LogP contribution in [0.2, 0.25) is 0 Å². The Morgan fingerprint density at radius 1 is 0.867 bits per heavy atom. The van der Waals surface area contributed by atoms with E-state index in [4.69, 9.17) is 10.8 Å². The van der Waals surface area contributed by atoms with Crippen molar-refractivity contribution >= 4 is 18.4 Å². The first-order valence-electron chi connectivity index (χ1n) is 5.69. The Labute approximate surface area is 98.8 Å². The zero-order valence-corrected chi connectivity index (χ0v) is 10.2. The minimum atomic E-state index is -0.673. The maximum absolute atomic E-state index is 10.2. The molecule has 0 aliphatic carbocycles. The molecular formula is C11H24ClNO2. The third-order valence-electron chi connectivity index (χ3n) is 2.34. The van der Waals surface area contributed by atoms with E-state index in [1.54, 1.807) is 0 Å². The summed E-state index contributed by atoms with van der Waals surface area (Å²) in [6.45, 7) is 0.804. The van der Waals surface area contributed by atoms with Gasteiger partial charge >= 0.3 is 5.97 Å². The number of halogens is 1. The Balaban J connectivity index is 0. The van der Waals surface area contributed by atoms with Crippen molar-refractivity contribution in [3.8, 4) is 0 Å². The van der Waals surface area contributed by atoms with Crippen molar-refractivity contribution in [3.63, 3.8) is 0 Å². The highest BCUT2D eigenvalue weighted by atomic mass is 35.5. The van der Waals surface area contributed by atoms with Crippen molar-refractivity contribution in [2.75, 3.05) is 6.54 Å². The van der Waals surface area contributed by atoms with Crippen LogP contribution in [0.5, 0.6) is 0 Å². The molecule has 0 saturated carbocycles. The van der Waals surface area contributed by atoms with Gasteiger partial charge in [0, 0.05) is 6.42 Å². The van der Waals surface area contributed by atoms with Crippen molar-refractivity contribution in [3.05, 3.63) is 0 Å². The molecule has 0 radical (unpaired) electrons. The van der Waals surface area contributed by atoms with E-state index in [9.17, 15) is 4.79 Å². The summed E-state index contributed by atoms with van der Waals surface area (Å²) in [7, 11) is 0. The largest absolute Gasteiger partial charge is 0.481 e. The molecule has 0 aromatic carbocycles. The van der Waals surface area contributed by atoms with Crippen LogP contribution in [-0.4, -0.2) is 17.6 Å².